The number of aromatic nitrogens is 3. The van der Waals surface area contributed by atoms with Crippen LogP contribution in [0.15, 0.2) is 78.9 Å². The van der Waals surface area contributed by atoms with E-state index in [0.717, 1.165) is 21.9 Å². The van der Waals surface area contributed by atoms with E-state index in [1.165, 1.54) is 7.11 Å². The third kappa shape index (κ3) is 3.22. The summed E-state index contributed by atoms with van der Waals surface area (Å²) in [6.07, 6.45) is -0.105. The van der Waals surface area contributed by atoms with Crippen molar-refractivity contribution in [2.24, 2.45) is 0 Å². The molecule has 2 aromatic heterocycles. The minimum Gasteiger partial charge on any atom is -0.469 e. The van der Waals surface area contributed by atoms with Crippen LogP contribution in [-0.4, -0.2) is 33.4 Å². The van der Waals surface area contributed by atoms with Gasteiger partial charge in [-0.2, -0.15) is 0 Å². The Balaban J connectivity index is 1.82. The summed E-state index contributed by atoms with van der Waals surface area (Å²) in [5.41, 5.74) is 4.09. The zero-order valence-corrected chi connectivity index (χ0v) is 16.9. The van der Waals surface area contributed by atoms with Crippen molar-refractivity contribution in [3.8, 4) is 0 Å². The predicted molar refractivity (Wildman–Crippen MR) is 119 cm³/mol. The smallest absolute Gasteiger partial charge is 0.308 e. The molecule has 0 saturated carbocycles. The Kier molecular flexibility index (Phi) is 4.67. The quantitative estimate of drug-likeness (QED) is 0.310. The third-order valence-corrected chi connectivity index (χ3v) is 5.46. The number of fused-ring (bicyclic) bond motifs is 4. The van der Waals surface area contributed by atoms with Gasteiger partial charge >= 0.3 is 5.97 Å². The first-order chi connectivity index (χ1) is 15.2. The largest absolute Gasteiger partial charge is 0.469 e. The van der Waals surface area contributed by atoms with Gasteiger partial charge in [-0.3, -0.25) is 9.59 Å². The van der Waals surface area contributed by atoms with E-state index in [4.69, 9.17) is 14.7 Å². The number of para-hydroxylation sites is 3. The summed E-state index contributed by atoms with van der Waals surface area (Å²) < 4.78 is 6.75. The number of ketones is 1. The minimum absolute atomic E-state index is 0.105. The van der Waals surface area contributed by atoms with Crippen LogP contribution in [-0.2, 0) is 9.53 Å². The van der Waals surface area contributed by atoms with Crippen molar-refractivity contribution in [2.75, 3.05) is 7.11 Å². The molecular weight excluding hydrogens is 390 g/mol. The Bertz CT molecular complexity index is 1440. The summed E-state index contributed by atoms with van der Waals surface area (Å²) in [4.78, 5) is 35.6. The van der Waals surface area contributed by atoms with E-state index in [2.05, 4.69) is 0 Å². The van der Waals surface area contributed by atoms with E-state index in [0.29, 0.717) is 16.7 Å². The molecule has 0 saturated heterocycles. The molecule has 0 N–H and O–H groups in total. The molecule has 1 unspecified atom stereocenters. The van der Waals surface area contributed by atoms with Gasteiger partial charge in [-0.1, -0.05) is 60.7 Å². The fourth-order valence-corrected chi connectivity index (χ4v) is 3.99. The van der Waals surface area contributed by atoms with Crippen LogP contribution in [0.25, 0.3) is 33.1 Å². The Hall–Kier alpha value is -4.06. The van der Waals surface area contributed by atoms with Gasteiger partial charge in [-0.15, -0.1) is 0 Å². The molecule has 0 spiro atoms. The highest BCUT2D eigenvalue weighted by Gasteiger charge is 2.29. The van der Waals surface area contributed by atoms with Crippen LogP contribution in [0.4, 0.5) is 0 Å². The Morgan fingerprint density at radius 2 is 1.52 bits per heavy atom. The van der Waals surface area contributed by atoms with Crippen LogP contribution in [0.3, 0.4) is 0 Å². The molecular formula is C25H19N3O3. The fourth-order valence-electron chi connectivity index (χ4n) is 3.99. The Labute approximate surface area is 178 Å². The maximum atomic E-state index is 13.6. The zero-order valence-electron chi connectivity index (χ0n) is 16.9. The molecule has 6 nitrogen and oxygen atoms in total. The molecule has 31 heavy (non-hydrogen) atoms. The molecule has 0 aliphatic carbocycles. The molecule has 0 aliphatic heterocycles. The number of rotatable bonds is 5. The van der Waals surface area contributed by atoms with Crippen LogP contribution in [0.2, 0.25) is 0 Å². The van der Waals surface area contributed by atoms with Gasteiger partial charge in [-0.05, 0) is 18.2 Å². The fraction of sp³-hybridized carbons (Fsp3) is 0.120. The molecule has 0 fully saturated rings. The first-order valence-corrected chi connectivity index (χ1v) is 9.99. The maximum Gasteiger partial charge on any atom is 0.308 e. The highest BCUT2D eigenvalue weighted by atomic mass is 16.5. The number of methoxy groups -OCH3 is 1. The number of carbonyl (C=O) groups is 2. The normalized spacial score (nSPS) is 12.3. The van der Waals surface area contributed by atoms with Crippen LogP contribution in [0.1, 0.15) is 22.8 Å². The molecule has 0 aliphatic rings. The van der Waals surface area contributed by atoms with E-state index < -0.39 is 12.0 Å². The van der Waals surface area contributed by atoms with E-state index >= 15 is 0 Å². The average Bonchev–Trinajstić information content (AvgIpc) is 3.14. The maximum absolute atomic E-state index is 13.6. The van der Waals surface area contributed by atoms with Crippen LogP contribution in [0, 0.1) is 0 Å². The second-order valence-electron chi connectivity index (χ2n) is 7.30. The van der Waals surface area contributed by atoms with Gasteiger partial charge in [-0.25, -0.2) is 9.97 Å². The summed E-state index contributed by atoms with van der Waals surface area (Å²) in [6.45, 7) is 0. The number of ether oxygens (including phenoxy) is 1. The first kappa shape index (κ1) is 18.9. The molecule has 0 radical (unpaired) electrons. The van der Waals surface area contributed by atoms with Crippen molar-refractivity contribution in [3.63, 3.8) is 0 Å². The second-order valence-corrected chi connectivity index (χ2v) is 7.30. The van der Waals surface area contributed by atoms with Crippen LogP contribution >= 0.6 is 0 Å². The van der Waals surface area contributed by atoms with Gasteiger partial charge in [0, 0.05) is 10.9 Å². The summed E-state index contributed by atoms with van der Waals surface area (Å²) in [6, 6.07) is 23.5. The van der Waals surface area contributed by atoms with Crippen LogP contribution in [0.5, 0.6) is 0 Å². The molecule has 0 bridgehead atoms. The second kappa shape index (κ2) is 7.65. The van der Waals surface area contributed by atoms with Crippen molar-refractivity contribution >= 4 is 44.9 Å². The van der Waals surface area contributed by atoms with E-state index in [1.807, 2.05) is 71.3 Å². The molecule has 5 aromatic rings. The summed E-state index contributed by atoms with van der Waals surface area (Å²) in [7, 11) is 1.32. The van der Waals surface area contributed by atoms with Crippen molar-refractivity contribution in [2.45, 2.75) is 12.5 Å². The van der Waals surface area contributed by atoms with E-state index in [1.54, 1.807) is 12.1 Å². The van der Waals surface area contributed by atoms with E-state index in [-0.39, 0.29) is 12.2 Å². The summed E-state index contributed by atoms with van der Waals surface area (Å²) >= 11 is 0. The summed E-state index contributed by atoms with van der Waals surface area (Å²) in [5, 5.41) is 0.881. The van der Waals surface area contributed by atoms with Crippen molar-refractivity contribution in [1.82, 2.24) is 14.5 Å². The van der Waals surface area contributed by atoms with Crippen LogP contribution < -0.4 is 0 Å². The average molecular weight is 409 g/mol. The van der Waals surface area contributed by atoms with Crippen molar-refractivity contribution < 1.29 is 14.3 Å². The predicted octanol–water partition coefficient (Wildman–Crippen LogP) is 4.72. The van der Waals surface area contributed by atoms with Gasteiger partial charge in [0.05, 0.1) is 30.1 Å². The molecule has 152 valence electrons. The zero-order chi connectivity index (χ0) is 21.4. The molecule has 0 amide bonds. The van der Waals surface area contributed by atoms with Gasteiger partial charge < -0.3 is 9.30 Å². The van der Waals surface area contributed by atoms with Gasteiger partial charge in [0.1, 0.15) is 11.6 Å². The van der Waals surface area contributed by atoms with Gasteiger partial charge in [0.2, 0.25) is 0 Å². The third-order valence-electron chi connectivity index (χ3n) is 5.46. The molecule has 2 heterocycles. The molecule has 5 rings (SSSR count). The van der Waals surface area contributed by atoms with E-state index in [9.17, 15) is 9.59 Å². The first-order valence-electron chi connectivity index (χ1n) is 9.99. The topological polar surface area (TPSA) is 74.1 Å². The minimum atomic E-state index is -0.812. The number of hydrogen-bond acceptors (Lipinski definition) is 5. The lowest BCUT2D eigenvalue weighted by molar-refractivity contribution is -0.141. The SMILES string of the molecule is COC(=O)CC(C(=O)c1ccccc1)n1c2ccccc2c2nc3ccccc3nc21. The van der Waals surface area contributed by atoms with Gasteiger partial charge in [0.15, 0.2) is 11.4 Å². The number of esters is 1. The highest BCUT2D eigenvalue weighted by molar-refractivity contribution is 6.09. The molecule has 6 heteroatoms. The molecule has 3 aromatic carbocycles. The number of Topliss-reactive ketones (excluding diaryl/α,β-unsaturated/α-hetero) is 1. The van der Waals surface area contributed by atoms with Crippen molar-refractivity contribution in [1.29, 1.82) is 0 Å². The number of hydrogen-bond donors (Lipinski definition) is 0. The number of benzene rings is 3. The number of nitrogens with zero attached hydrogens (tertiary/aromatic N) is 3. The number of carbonyl (C=O) groups excluding carboxylic acids is 2. The lowest BCUT2D eigenvalue weighted by Crippen LogP contribution is -2.23. The van der Waals surface area contributed by atoms with Gasteiger partial charge in [0.25, 0.3) is 0 Å². The summed E-state index contributed by atoms with van der Waals surface area (Å²) in [5.74, 6) is -0.641. The lowest BCUT2D eigenvalue weighted by Gasteiger charge is -2.19. The molecule has 1 atom stereocenters. The monoisotopic (exact) mass is 409 g/mol. The Morgan fingerprint density at radius 3 is 2.26 bits per heavy atom. The lowest BCUT2D eigenvalue weighted by atomic mass is 10.0. The standard InChI is InChI=1S/C25H19N3O3/c1-31-22(29)15-21(24(30)16-9-3-2-4-10-16)28-20-14-8-5-11-17(20)23-25(28)27-19-13-7-6-12-18(19)26-23/h2-14,21H,15H2,1H3. The highest BCUT2D eigenvalue weighted by Crippen LogP contribution is 2.33. The Morgan fingerprint density at radius 1 is 0.871 bits per heavy atom. The van der Waals surface area contributed by atoms with Crippen molar-refractivity contribution in [3.05, 3.63) is 84.4 Å².